The van der Waals surface area contributed by atoms with Crippen LogP contribution in [0.2, 0.25) is 0 Å². The Balaban J connectivity index is 1.40. The minimum Gasteiger partial charge on any atom is -0.441 e. The molecule has 1 atom stereocenters. The fourth-order valence-corrected chi connectivity index (χ4v) is 4.36. The molecule has 1 amide bonds. The summed E-state index contributed by atoms with van der Waals surface area (Å²) in [5.74, 6) is 1.75. The Bertz CT molecular complexity index is 892. The van der Waals surface area contributed by atoms with E-state index in [0.717, 1.165) is 63.3 Å². The maximum Gasteiger partial charge on any atom is 0.416 e. The summed E-state index contributed by atoms with van der Waals surface area (Å²) in [5, 5.41) is 0. The molecule has 0 bridgehead atoms. The van der Waals surface area contributed by atoms with E-state index in [1.807, 2.05) is 11.8 Å². The van der Waals surface area contributed by atoms with Crippen molar-refractivity contribution in [3.05, 3.63) is 41.3 Å². The summed E-state index contributed by atoms with van der Waals surface area (Å²) < 4.78 is 44.0. The number of likely N-dealkylation sites (tertiary alicyclic amines) is 2. The van der Waals surface area contributed by atoms with Crippen LogP contribution in [0.1, 0.15) is 42.7 Å². The van der Waals surface area contributed by atoms with E-state index in [1.165, 1.54) is 12.1 Å². The van der Waals surface area contributed by atoms with Crippen LogP contribution >= 0.6 is 0 Å². The molecule has 8 heteroatoms. The maximum absolute atomic E-state index is 12.8. The second kappa shape index (κ2) is 8.41. The maximum atomic E-state index is 12.8. The highest BCUT2D eigenvalue weighted by Gasteiger charge is 2.30. The van der Waals surface area contributed by atoms with Gasteiger partial charge >= 0.3 is 6.18 Å². The molecule has 2 fully saturated rings. The van der Waals surface area contributed by atoms with Crippen LogP contribution in [-0.2, 0) is 17.5 Å². The molecular formula is C22H26F3N3O2. The van der Waals surface area contributed by atoms with Crippen LogP contribution in [0.3, 0.4) is 0 Å². The first kappa shape index (κ1) is 20.9. The van der Waals surface area contributed by atoms with Gasteiger partial charge in [-0.05, 0) is 62.9 Å². The van der Waals surface area contributed by atoms with E-state index in [1.54, 1.807) is 0 Å². The van der Waals surface area contributed by atoms with Gasteiger partial charge in [0.2, 0.25) is 11.8 Å². The summed E-state index contributed by atoms with van der Waals surface area (Å²) in [6.07, 6.45) is -0.535. The first-order valence-electron chi connectivity index (χ1n) is 10.4. The molecule has 1 aromatic heterocycles. The summed E-state index contributed by atoms with van der Waals surface area (Å²) in [6.45, 7) is 6.04. The van der Waals surface area contributed by atoms with Crippen LogP contribution in [0.5, 0.6) is 0 Å². The van der Waals surface area contributed by atoms with Crippen molar-refractivity contribution in [2.75, 3.05) is 26.2 Å². The molecule has 30 heavy (non-hydrogen) atoms. The Hall–Kier alpha value is -2.35. The van der Waals surface area contributed by atoms with Gasteiger partial charge in [0, 0.05) is 38.2 Å². The highest BCUT2D eigenvalue weighted by atomic mass is 19.4. The number of alkyl halides is 3. The molecule has 1 aromatic carbocycles. The van der Waals surface area contributed by atoms with Crippen molar-refractivity contribution in [3.63, 3.8) is 0 Å². The van der Waals surface area contributed by atoms with Crippen LogP contribution in [0.25, 0.3) is 11.5 Å². The Morgan fingerprint density at radius 1 is 1.17 bits per heavy atom. The summed E-state index contributed by atoms with van der Waals surface area (Å²) in [5.41, 5.74) is 0.648. The third-order valence-electron chi connectivity index (χ3n) is 5.98. The molecule has 2 aliphatic heterocycles. The van der Waals surface area contributed by atoms with Gasteiger partial charge in [-0.1, -0.05) is 0 Å². The molecule has 2 saturated heterocycles. The van der Waals surface area contributed by atoms with Crippen molar-refractivity contribution in [2.24, 2.45) is 5.92 Å². The standard InChI is InChI=1S/C22H26F3N3O2/c1-15-19(26-21(30-15)17-6-8-18(9-7-17)22(23,24)25)14-27-10-2-4-16(12-27)13-28-11-3-5-20(28)29/h6-9,16H,2-5,10-14H2,1H3. The minimum absolute atomic E-state index is 0.264. The van der Waals surface area contributed by atoms with Crippen molar-refractivity contribution in [3.8, 4) is 11.5 Å². The number of hydrogen-bond donors (Lipinski definition) is 0. The van der Waals surface area contributed by atoms with Crippen LogP contribution in [-0.4, -0.2) is 46.9 Å². The van der Waals surface area contributed by atoms with Crippen molar-refractivity contribution in [1.29, 1.82) is 0 Å². The number of nitrogens with zero attached hydrogens (tertiary/aromatic N) is 3. The third-order valence-corrected chi connectivity index (χ3v) is 5.98. The zero-order valence-corrected chi connectivity index (χ0v) is 17.0. The van der Waals surface area contributed by atoms with Crippen LogP contribution < -0.4 is 0 Å². The van der Waals surface area contributed by atoms with Gasteiger partial charge in [0.25, 0.3) is 0 Å². The average molecular weight is 421 g/mol. The lowest BCUT2D eigenvalue weighted by atomic mass is 9.97. The summed E-state index contributed by atoms with van der Waals surface area (Å²) >= 11 is 0. The Kier molecular flexibility index (Phi) is 5.86. The smallest absolute Gasteiger partial charge is 0.416 e. The number of carbonyl (C=O) groups excluding carboxylic acids is 1. The second-order valence-corrected chi connectivity index (χ2v) is 8.28. The molecule has 2 aromatic rings. The van der Waals surface area contributed by atoms with Gasteiger partial charge in [-0.25, -0.2) is 4.98 Å². The number of aryl methyl sites for hydroxylation is 1. The number of hydrogen-bond acceptors (Lipinski definition) is 4. The molecule has 0 aliphatic carbocycles. The fourth-order valence-electron chi connectivity index (χ4n) is 4.36. The van der Waals surface area contributed by atoms with Crippen LogP contribution in [0.15, 0.2) is 28.7 Å². The molecule has 0 radical (unpaired) electrons. The van der Waals surface area contributed by atoms with E-state index < -0.39 is 11.7 Å². The largest absolute Gasteiger partial charge is 0.441 e. The minimum atomic E-state index is -4.36. The van der Waals surface area contributed by atoms with Crippen molar-refractivity contribution < 1.29 is 22.4 Å². The zero-order valence-electron chi connectivity index (χ0n) is 17.0. The Labute approximate surface area is 173 Å². The Morgan fingerprint density at radius 3 is 2.60 bits per heavy atom. The van der Waals surface area contributed by atoms with Crippen molar-refractivity contribution >= 4 is 5.91 Å². The number of carbonyl (C=O) groups is 1. The highest BCUT2D eigenvalue weighted by Crippen LogP contribution is 2.31. The summed E-state index contributed by atoms with van der Waals surface area (Å²) in [7, 11) is 0. The van der Waals surface area contributed by atoms with E-state index in [9.17, 15) is 18.0 Å². The predicted octanol–water partition coefficient (Wildman–Crippen LogP) is 4.50. The zero-order chi connectivity index (χ0) is 21.3. The molecule has 0 spiro atoms. The van der Waals surface area contributed by atoms with E-state index >= 15 is 0 Å². The number of oxazole rings is 1. The molecule has 1 unspecified atom stereocenters. The molecule has 3 heterocycles. The van der Waals surface area contributed by atoms with Crippen LogP contribution in [0, 0.1) is 12.8 Å². The predicted molar refractivity (Wildman–Crippen MR) is 105 cm³/mol. The van der Waals surface area contributed by atoms with Gasteiger partial charge in [-0.2, -0.15) is 13.2 Å². The van der Waals surface area contributed by atoms with E-state index in [4.69, 9.17) is 4.42 Å². The molecule has 0 saturated carbocycles. The lowest BCUT2D eigenvalue weighted by Gasteiger charge is -2.34. The number of amides is 1. The van der Waals surface area contributed by atoms with Crippen molar-refractivity contribution in [1.82, 2.24) is 14.8 Å². The first-order valence-corrected chi connectivity index (χ1v) is 10.4. The summed E-state index contributed by atoms with van der Waals surface area (Å²) in [6, 6.07) is 4.87. The quantitative estimate of drug-likeness (QED) is 0.713. The molecular weight excluding hydrogens is 395 g/mol. The average Bonchev–Trinajstić information content (AvgIpc) is 3.27. The second-order valence-electron chi connectivity index (χ2n) is 8.28. The molecule has 5 nitrogen and oxygen atoms in total. The normalized spacial score (nSPS) is 20.9. The van der Waals surface area contributed by atoms with E-state index in [0.29, 0.717) is 36.1 Å². The van der Waals surface area contributed by atoms with Gasteiger partial charge < -0.3 is 9.32 Å². The topological polar surface area (TPSA) is 49.6 Å². The van der Waals surface area contributed by atoms with Gasteiger partial charge in [-0.15, -0.1) is 0 Å². The molecule has 2 aliphatic rings. The van der Waals surface area contributed by atoms with Crippen molar-refractivity contribution in [2.45, 2.75) is 45.3 Å². The van der Waals surface area contributed by atoms with Gasteiger partial charge in [0.1, 0.15) is 5.76 Å². The SMILES string of the molecule is Cc1oc(-c2ccc(C(F)(F)F)cc2)nc1CN1CCCC(CN2CCCC2=O)C1. The highest BCUT2D eigenvalue weighted by molar-refractivity contribution is 5.78. The Morgan fingerprint density at radius 2 is 1.93 bits per heavy atom. The lowest BCUT2D eigenvalue weighted by Crippen LogP contribution is -2.41. The molecule has 0 N–H and O–H groups in total. The number of benzene rings is 1. The first-order chi connectivity index (χ1) is 14.3. The fraction of sp³-hybridized carbons (Fsp3) is 0.545. The molecule has 4 rings (SSSR count). The number of rotatable bonds is 5. The monoisotopic (exact) mass is 421 g/mol. The van der Waals surface area contributed by atoms with Gasteiger partial charge in [0.15, 0.2) is 0 Å². The van der Waals surface area contributed by atoms with E-state index in [2.05, 4.69) is 9.88 Å². The van der Waals surface area contributed by atoms with Crippen LogP contribution in [0.4, 0.5) is 13.2 Å². The van der Waals surface area contributed by atoms with Gasteiger partial charge in [0.05, 0.1) is 11.3 Å². The number of halogens is 3. The van der Waals surface area contributed by atoms with Gasteiger partial charge in [-0.3, -0.25) is 9.69 Å². The lowest BCUT2D eigenvalue weighted by molar-refractivity contribution is -0.137. The molecule has 162 valence electrons. The third kappa shape index (κ3) is 4.69. The van der Waals surface area contributed by atoms with E-state index in [-0.39, 0.29) is 5.91 Å². The summed E-state index contributed by atoms with van der Waals surface area (Å²) in [4.78, 5) is 20.8. The number of piperidine rings is 1. The number of aromatic nitrogens is 1.